The van der Waals surface area contributed by atoms with Crippen LogP contribution < -0.4 is 4.90 Å². The van der Waals surface area contributed by atoms with Gasteiger partial charge in [0.05, 0.1) is 11.3 Å². The summed E-state index contributed by atoms with van der Waals surface area (Å²) in [5, 5.41) is 29.4. The molecule has 0 bridgehead atoms. The maximum absolute atomic E-state index is 14.1. The van der Waals surface area contributed by atoms with Gasteiger partial charge in [-0.15, -0.1) is 4.47 Å². The van der Waals surface area contributed by atoms with Crippen molar-refractivity contribution < 1.29 is 33.4 Å². The number of nitrogens with zero attached hydrogens (tertiary/aromatic N) is 3. The fourth-order valence-corrected chi connectivity index (χ4v) is 4.06. The van der Waals surface area contributed by atoms with Gasteiger partial charge < -0.3 is 20.3 Å². The number of carboxylic acids is 1. The van der Waals surface area contributed by atoms with Gasteiger partial charge in [-0.3, -0.25) is 4.99 Å². The molecule has 0 amide bonds. The number of carbonyl (C=O) groups is 1. The smallest absolute Gasteiger partial charge is 0.418 e. The summed E-state index contributed by atoms with van der Waals surface area (Å²) in [6.45, 7) is 1.12. The molecule has 1 unspecified atom stereocenters. The van der Waals surface area contributed by atoms with Crippen molar-refractivity contribution in [1.82, 2.24) is 4.47 Å². The number of hydroxylamine groups is 1. The molecule has 2 heterocycles. The fourth-order valence-electron chi connectivity index (χ4n) is 2.97. The molecule has 144 valence electrons. The largest absolute Gasteiger partial charge is 0.506 e. The fraction of sp³-hybridized carbons (Fsp3) is 0.250. The van der Waals surface area contributed by atoms with Crippen LogP contribution in [0.5, 0.6) is 5.75 Å². The van der Waals surface area contributed by atoms with E-state index in [2.05, 4.69) is 4.99 Å². The monoisotopic (exact) mass is 401 g/mol. The first-order valence-corrected chi connectivity index (χ1v) is 8.33. The minimum absolute atomic E-state index is 0.0342. The first kappa shape index (κ1) is 19.3. The summed E-state index contributed by atoms with van der Waals surface area (Å²) in [7, 11) is 0. The number of allylic oxidation sites excluding steroid dienone is 1. The van der Waals surface area contributed by atoms with Gasteiger partial charge >= 0.3 is 12.1 Å². The molecule has 27 heavy (non-hydrogen) atoms. The molecule has 0 fully saturated rings. The molecule has 0 saturated heterocycles. The predicted octanol–water partition coefficient (Wildman–Crippen LogP) is 3.34. The number of aliphatic imine (C=N–C) groups is 1. The first-order valence-electron chi connectivity index (χ1n) is 7.56. The lowest BCUT2D eigenvalue weighted by molar-refractivity contribution is -0.140. The van der Waals surface area contributed by atoms with Crippen LogP contribution in [0.4, 0.5) is 18.9 Å². The SMILES string of the molecule is CC1(C=CC(=O)O)c2c(cc(O)c(N3C=CC=NC3)c2C(F)(F)F)SN1O. The van der Waals surface area contributed by atoms with E-state index in [1.807, 2.05) is 0 Å². The van der Waals surface area contributed by atoms with E-state index in [4.69, 9.17) is 5.11 Å². The van der Waals surface area contributed by atoms with Crippen molar-refractivity contribution in [2.75, 3.05) is 11.6 Å². The van der Waals surface area contributed by atoms with Gasteiger partial charge in [0, 0.05) is 28.9 Å². The number of aromatic hydroxyl groups is 1. The van der Waals surface area contributed by atoms with Crippen LogP contribution in [0.3, 0.4) is 0 Å². The molecule has 0 saturated carbocycles. The standard InChI is InChI=1S/C16H14F3N3O4S/c1-15(4-3-11(24)25)12-10(27-22(15)26)7-9(23)14(13(12)16(17,18)19)21-6-2-5-20-8-21/h2-7,23,26H,8H2,1H3,(H,24,25). The van der Waals surface area contributed by atoms with Gasteiger partial charge in [-0.2, -0.15) is 13.2 Å². The highest BCUT2D eigenvalue weighted by molar-refractivity contribution is 7.97. The number of hydrogen-bond acceptors (Lipinski definition) is 7. The van der Waals surface area contributed by atoms with Crippen LogP contribution >= 0.6 is 11.9 Å². The number of hydrogen-bond donors (Lipinski definition) is 3. The van der Waals surface area contributed by atoms with Crippen LogP contribution in [0.25, 0.3) is 0 Å². The Morgan fingerprint density at radius 3 is 2.70 bits per heavy atom. The van der Waals surface area contributed by atoms with E-state index in [0.717, 1.165) is 17.0 Å². The van der Waals surface area contributed by atoms with E-state index >= 15 is 0 Å². The maximum Gasteiger partial charge on any atom is 0.418 e. The second kappa shape index (κ2) is 6.59. The van der Waals surface area contributed by atoms with Crippen molar-refractivity contribution in [2.24, 2.45) is 4.99 Å². The molecule has 0 radical (unpaired) electrons. The summed E-state index contributed by atoms with van der Waals surface area (Å²) in [5.41, 5.74) is -3.81. The zero-order valence-corrected chi connectivity index (χ0v) is 14.6. The number of phenolic OH excluding ortho intramolecular Hbond substituents is 1. The molecule has 0 aliphatic carbocycles. The molecule has 1 aromatic carbocycles. The molecule has 3 N–H and O–H groups in total. The van der Waals surface area contributed by atoms with Crippen LogP contribution in [0.1, 0.15) is 18.1 Å². The van der Waals surface area contributed by atoms with Crippen LogP contribution in [0.2, 0.25) is 0 Å². The van der Waals surface area contributed by atoms with Crippen LogP contribution in [0.15, 0.2) is 40.4 Å². The van der Waals surface area contributed by atoms with E-state index < -0.39 is 34.7 Å². The normalized spacial score (nSPS) is 22.6. The Labute approximate surface area is 155 Å². The van der Waals surface area contributed by atoms with E-state index in [-0.39, 0.29) is 17.1 Å². The number of rotatable bonds is 3. The predicted molar refractivity (Wildman–Crippen MR) is 91.7 cm³/mol. The average molecular weight is 401 g/mol. The number of benzene rings is 1. The van der Waals surface area contributed by atoms with Gasteiger partial charge in [0.1, 0.15) is 18.0 Å². The van der Waals surface area contributed by atoms with E-state index in [1.54, 1.807) is 0 Å². The lowest BCUT2D eigenvalue weighted by Gasteiger charge is -2.31. The number of aliphatic carboxylic acids is 1. The highest BCUT2D eigenvalue weighted by atomic mass is 32.2. The summed E-state index contributed by atoms with van der Waals surface area (Å²) in [6.07, 6.45) is 0.918. The minimum atomic E-state index is -4.89. The van der Waals surface area contributed by atoms with Crippen molar-refractivity contribution in [3.8, 4) is 5.75 Å². The van der Waals surface area contributed by atoms with Gasteiger partial charge in [-0.05, 0) is 37.1 Å². The van der Waals surface area contributed by atoms with E-state index in [1.165, 1.54) is 25.4 Å². The molecule has 3 rings (SSSR count). The summed E-state index contributed by atoms with van der Waals surface area (Å²) >= 11 is 0.568. The third-order valence-electron chi connectivity index (χ3n) is 4.14. The van der Waals surface area contributed by atoms with Gasteiger partial charge in [0.2, 0.25) is 0 Å². The van der Waals surface area contributed by atoms with E-state index in [0.29, 0.717) is 22.5 Å². The highest BCUT2D eigenvalue weighted by Gasteiger charge is 2.50. The van der Waals surface area contributed by atoms with E-state index in [9.17, 15) is 28.3 Å². The Balaban J connectivity index is 2.32. The molecule has 1 atom stereocenters. The number of halogens is 3. The van der Waals surface area contributed by atoms with Crippen LogP contribution in [-0.4, -0.2) is 38.7 Å². The first-order chi connectivity index (χ1) is 12.6. The van der Waals surface area contributed by atoms with Gasteiger partial charge in [-0.1, -0.05) is 0 Å². The molecule has 2 aliphatic rings. The average Bonchev–Trinajstić information content (AvgIpc) is 2.82. The Morgan fingerprint density at radius 1 is 1.44 bits per heavy atom. The molecule has 11 heteroatoms. The lowest BCUT2D eigenvalue weighted by atomic mass is 9.86. The molecule has 7 nitrogen and oxygen atoms in total. The van der Waals surface area contributed by atoms with Crippen LogP contribution in [-0.2, 0) is 16.5 Å². The Kier molecular flexibility index (Phi) is 4.70. The van der Waals surface area contributed by atoms with Crippen molar-refractivity contribution >= 4 is 29.8 Å². The topological polar surface area (TPSA) is 96.6 Å². The quantitative estimate of drug-likeness (QED) is 0.528. The highest BCUT2D eigenvalue weighted by Crippen LogP contribution is 2.57. The third-order valence-corrected chi connectivity index (χ3v) is 5.22. The van der Waals surface area contributed by atoms with Crippen molar-refractivity contribution in [3.05, 3.63) is 41.6 Å². The molecule has 0 spiro atoms. The number of phenols is 1. The molecular weight excluding hydrogens is 387 g/mol. The summed E-state index contributed by atoms with van der Waals surface area (Å²) < 4.78 is 42.7. The van der Waals surface area contributed by atoms with Crippen molar-refractivity contribution in [2.45, 2.75) is 23.5 Å². The second-order valence-electron chi connectivity index (χ2n) is 5.96. The third kappa shape index (κ3) is 3.29. The number of anilines is 1. The second-order valence-corrected chi connectivity index (χ2v) is 6.93. The number of carboxylic acid groups (broad SMARTS) is 1. The Morgan fingerprint density at radius 2 is 2.15 bits per heavy atom. The lowest BCUT2D eigenvalue weighted by Crippen LogP contribution is -2.34. The zero-order chi connectivity index (χ0) is 20.0. The van der Waals surface area contributed by atoms with Crippen molar-refractivity contribution in [1.29, 1.82) is 0 Å². The molecule has 2 aliphatic heterocycles. The Hall–Kier alpha value is -2.50. The van der Waals surface area contributed by atoms with Gasteiger partial charge in [0.25, 0.3) is 0 Å². The summed E-state index contributed by atoms with van der Waals surface area (Å²) in [4.78, 5) is 15.9. The maximum atomic E-state index is 14.1. The molecule has 1 aromatic rings. The number of fused-ring (bicyclic) bond motifs is 1. The van der Waals surface area contributed by atoms with Gasteiger partial charge in [-0.25, -0.2) is 4.79 Å². The summed E-state index contributed by atoms with van der Waals surface area (Å²) in [6, 6.07) is 1.11. The van der Waals surface area contributed by atoms with Gasteiger partial charge in [0.15, 0.2) is 0 Å². The molecular formula is C16H14F3N3O4S. The summed E-state index contributed by atoms with van der Waals surface area (Å²) in [5.74, 6) is -2.00. The minimum Gasteiger partial charge on any atom is -0.506 e. The number of alkyl halides is 3. The van der Waals surface area contributed by atoms with Crippen LogP contribution in [0, 0.1) is 0 Å². The zero-order valence-electron chi connectivity index (χ0n) is 13.8. The van der Waals surface area contributed by atoms with Crippen molar-refractivity contribution in [3.63, 3.8) is 0 Å². The molecule has 0 aromatic heterocycles. The Bertz CT molecular complexity index is 885.